The van der Waals surface area contributed by atoms with Crippen LogP contribution in [0.25, 0.3) is 29.0 Å². The maximum atomic E-state index is 11.8. The standard InChI is InChI=1S/C24H20N4O4/c1-15-14-19(10-13-21-22(28(31)32)23(29)26-24(30)25-21)16(2)27(15)20-11-8-18(9-12-20)17-6-4-3-5-7-17/h3-14H,1-2H3,(H2,25,26,29,30). The van der Waals surface area contributed by atoms with E-state index in [1.54, 1.807) is 6.08 Å². The van der Waals surface area contributed by atoms with Crippen LogP contribution in [0.2, 0.25) is 0 Å². The predicted octanol–water partition coefficient (Wildman–Crippen LogP) is 4.22. The average molecular weight is 428 g/mol. The van der Waals surface area contributed by atoms with Gasteiger partial charge < -0.3 is 9.55 Å². The monoisotopic (exact) mass is 428 g/mol. The molecule has 0 fully saturated rings. The van der Waals surface area contributed by atoms with Gasteiger partial charge in [0.15, 0.2) is 0 Å². The van der Waals surface area contributed by atoms with Crippen molar-refractivity contribution >= 4 is 17.8 Å². The second kappa shape index (κ2) is 8.35. The first-order chi connectivity index (χ1) is 15.3. The summed E-state index contributed by atoms with van der Waals surface area (Å²) < 4.78 is 2.07. The van der Waals surface area contributed by atoms with Crippen molar-refractivity contribution in [2.75, 3.05) is 0 Å². The molecule has 0 saturated heterocycles. The Morgan fingerprint density at radius 1 is 0.906 bits per heavy atom. The van der Waals surface area contributed by atoms with E-state index < -0.39 is 21.9 Å². The fourth-order valence-corrected chi connectivity index (χ4v) is 3.76. The lowest BCUT2D eigenvalue weighted by Gasteiger charge is -2.11. The molecule has 2 heterocycles. The van der Waals surface area contributed by atoms with Crippen molar-refractivity contribution in [3.8, 4) is 16.8 Å². The summed E-state index contributed by atoms with van der Waals surface area (Å²) >= 11 is 0. The zero-order valence-corrected chi connectivity index (χ0v) is 17.5. The zero-order valence-electron chi connectivity index (χ0n) is 17.5. The van der Waals surface area contributed by atoms with E-state index in [2.05, 4.69) is 33.8 Å². The second-order valence-electron chi connectivity index (χ2n) is 7.34. The van der Waals surface area contributed by atoms with Crippen LogP contribution in [0.1, 0.15) is 22.6 Å². The normalized spacial score (nSPS) is 11.2. The Labute approximate surface area is 182 Å². The summed E-state index contributed by atoms with van der Waals surface area (Å²) in [7, 11) is 0. The number of nitrogens with one attached hydrogen (secondary N) is 2. The summed E-state index contributed by atoms with van der Waals surface area (Å²) in [5, 5.41) is 11.2. The van der Waals surface area contributed by atoms with Crippen LogP contribution in [-0.4, -0.2) is 19.5 Å². The molecule has 0 unspecified atom stereocenters. The van der Waals surface area contributed by atoms with Crippen molar-refractivity contribution in [2.45, 2.75) is 13.8 Å². The average Bonchev–Trinajstić information content (AvgIpc) is 3.05. The third-order valence-corrected chi connectivity index (χ3v) is 5.26. The maximum absolute atomic E-state index is 11.8. The Hall–Kier alpha value is -4.46. The predicted molar refractivity (Wildman–Crippen MR) is 124 cm³/mol. The van der Waals surface area contributed by atoms with Crippen LogP contribution in [0.15, 0.2) is 70.3 Å². The summed E-state index contributed by atoms with van der Waals surface area (Å²) in [5.74, 6) is 0. The van der Waals surface area contributed by atoms with Crippen LogP contribution in [0, 0.1) is 24.0 Å². The SMILES string of the molecule is Cc1cc(C=Cc2[nH]c(=O)[nH]c(=O)c2[N+](=O)[O-])c(C)n1-c1ccc(-c2ccccc2)cc1. The molecule has 160 valence electrons. The summed E-state index contributed by atoms with van der Waals surface area (Å²) in [6.07, 6.45) is 3.02. The fraction of sp³-hybridized carbons (Fsp3) is 0.0833. The third-order valence-electron chi connectivity index (χ3n) is 5.26. The molecular formula is C24H20N4O4. The highest BCUT2D eigenvalue weighted by Crippen LogP contribution is 2.26. The topological polar surface area (TPSA) is 114 Å². The van der Waals surface area contributed by atoms with Crippen LogP contribution in [0.4, 0.5) is 5.69 Å². The summed E-state index contributed by atoms with van der Waals surface area (Å²) in [6.45, 7) is 3.90. The van der Waals surface area contributed by atoms with Crippen molar-refractivity contribution in [1.82, 2.24) is 14.5 Å². The number of aryl methyl sites for hydroxylation is 1. The molecule has 8 heteroatoms. The first kappa shape index (κ1) is 20.8. The molecule has 2 aromatic heterocycles. The smallest absolute Gasteiger partial charge is 0.318 e. The minimum Gasteiger partial charge on any atom is -0.318 e. The molecule has 0 atom stereocenters. The van der Waals surface area contributed by atoms with Crippen molar-refractivity contribution in [3.63, 3.8) is 0 Å². The lowest BCUT2D eigenvalue weighted by Crippen LogP contribution is -2.25. The van der Waals surface area contributed by atoms with Crippen LogP contribution >= 0.6 is 0 Å². The number of nitro groups is 1. The minimum atomic E-state index is -1.04. The van der Waals surface area contributed by atoms with Crippen LogP contribution in [-0.2, 0) is 0 Å². The molecule has 4 aromatic rings. The highest BCUT2D eigenvalue weighted by Gasteiger charge is 2.19. The summed E-state index contributed by atoms with van der Waals surface area (Å²) in [5.41, 5.74) is 3.24. The van der Waals surface area contributed by atoms with Gasteiger partial charge in [0.1, 0.15) is 5.69 Å². The van der Waals surface area contributed by atoms with Crippen LogP contribution in [0.3, 0.4) is 0 Å². The largest absolute Gasteiger partial charge is 0.357 e. The van der Waals surface area contributed by atoms with Crippen molar-refractivity contribution in [3.05, 3.63) is 114 Å². The van der Waals surface area contributed by atoms with Gasteiger partial charge in [0.05, 0.1) is 4.92 Å². The van der Waals surface area contributed by atoms with E-state index in [0.29, 0.717) is 0 Å². The molecule has 0 aliphatic heterocycles. The summed E-state index contributed by atoms with van der Waals surface area (Å²) in [6, 6.07) is 20.2. The molecule has 4 rings (SSSR count). The maximum Gasteiger partial charge on any atom is 0.357 e. The van der Waals surface area contributed by atoms with Gasteiger partial charge in [-0.3, -0.25) is 19.9 Å². The number of aromatic nitrogens is 3. The van der Waals surface area contributed by atoms with Crippen molar-refractivity contribution < 1.29 is 4.92 Å². The number of rotatable bonds is 5. The number of hydrogen-bond acceptors (Lipinski definition) is 4. The molecule has 0 saturated carbocycles. The van der Waals surface area contributed by atoms with Crippen LogP contribution in [0.5, 0.6) is 0 Å². The molecular weight excluding hydrogens is 408 g/mol. The van der Waals surface area contributed by atoms with Crippen LogP contribution < -0.4 is 11.2 Å². The number of H-pyrrole nitrogens is 2. The Bertz CT molecular complexity index is 1440. The molecule has 32 heavy (non-hydrogen) atoms. The number of benzene rings is 2. The van der Waals surface area contributed by atoms with E-state index in [9.17, 15) is 19.7 Å². The minimum absolute atomic E-state index is 0.152. The Morgan fingerprint density at radius 2 is 1.56 bits per heavy atom. The number of hydrogen-bond donors (Lipinski definition) is 2. The fourth-order valence-electron chi connectivity index (χ4n) is 3.76. The van der Waals surface area contributed by atoms with Gasteiger partial charge in [-0.05, 0) is 54.8 Å². The van der Waals surface area contributed by atoms with Gasteiger partial charge in [-0.2, -0.15) is 0 Å². The van der Waals surface area contributed by atoms with Crippen molar-refractivity contribution in [2.24, 2.45) is 0 Å². The Kier molecular flexibility index (Phi) is 5.43. The molecule has 0 spiro atoms. The molecule has 8 nitrogen and oxygen atoms in total. The highest BCUT2D eigenvalue weighted by molar-refractivity contribution is 5.73. The Morgan fingerprint density at radius 3 is 2.22 bits per heavy atom. The van der Waals surface area contributed by atoms with Gasteiger partial charge in [0.2, 0.25) is 0 Å². The molecule has 0 aliphatic rings. The van der Waals surface area contributed by atoms with Gasteiger partial charge in [-0.15, -0.1) is 0 Å². The summed E-state index contributed by atoms with van der Waals surface area (Å²) in [4.78, 5) is 38.0. The first-order valence-corrected chi connectivity index (χ1v) is 9.89. The van der Waals surface area contributed by atoms with Gasteiger partial charge in [0.25, 0.3) is 0 Å². The van der Waals surface area contributed by atoms with Crippen molar-refractivity contribution in [1.29, 1.82) is 0 Å². The third kappa shape index (κ3) is 3.93. The van der Waals surface area contributed by atoms with Gasteiger partial charge in [-0.1, -0.05) is 48.5 Å². The van der Waals surface area contributed by atoms with E-state index in [-0.39, 0.29) is 5.69 Å². The van der Waals surface area contributed by atoms with E-state index in [4.69, 9.17) is 0 Å². The first-order valence-electron chi connectivity index (χ1n) is 9.89. The quantitative estimate of drug-likeness (QED) is 0.366. The molecule has 2 aromatic carbocycles. The molecule has 0 radical (unpaired) electrons. The van der Waals surface area contributed by atoms with Gasteiger partial charge >= 0.3 is 16.9 Å². The van der Waals surface area contributed by atoms with E-state index in [0.717, 1.165) is 33.8 Å². The Balaban J connectivity index is 1.70. The lowest BCUT2D eigenvalue weighted by atomic mass is 10.1. The number of nitrogens with zero attached hydrogens (tertiary/aromatic N) is 2. The van der Waals surface area contributed by atoms with E-state index >= 15 is 0 Å². The highest BCUT2D eigenvalue weighted by atomic mass is 16.6. The van der Waals surface area contributed by atoms with Gasteiger partial charge in [0, 0.05) is 17.1 Å². The molecule has 0 bridgehead atoms. The molecule has 0 amide bonds. The molecule has 2 N–H and O–H groups in total. The molecule has 0 aliphatic carbocycles. The lowest BCUT2D eigenvalue weighted by molar-refractivity contribution is -0.386. The zero-order chi connectivity index (χ0) is 22.8. The van der Waals surface area contributed by atoms with E-state index in [1.807, 2.05) is 55.2 Å². The van der Waals surface area contributed by atoms with Gasteiger partial charge in [-0.25, -0.2) is 4.79 Å². The second-order valence-corrected chi connectivity index (χ2v) is 7.34. The number of aromatic amines is 2. The van der Waals surface area contributed by atoms with E-state index in [1.165, 1.54) is 6.08 Å².